The van der Waals surface area contributed by atoms with E-state index >= 15 is 0 Å². The molecule has 4 rings (SSSR count). The number of fused-ring (bicyclic) bond motifs is 5. The lowest BCUT2D eigenvalue weighted by Crippen LogP contribution is -2.32. The zero-order chi connectivity index (χ0) is 17.6. The third kappa shape index (κ3) is 2.49. The van der Waals surface area contributed by atoms with E-state index in [1.54, 1.807) is 12.1 Å². The first kappa shape index (κ1) is 15.8. The van der Waals surface area contributed by atoms with Crippen molar-refractivity contribution in [2.45, 2.75) is 19.4 Å². The number of nitrogens with zero attached hydrogens (tertiary/aromatic N) is 1. The van der Waals surface area contributed by atoms with Crippen LogP contribution >= 0.6 is 0 Å². The Morgan fingerprint density at radius 2 is 1.96 bits per heavy atom. The largest absolute Gasteiger partial charge is 0.469 e. The van der Waals surface area contributed by atoms with Crippen molar-refractivity contribution >= 4 is 17.5 Å². The Labute approximate surface area is 144 Å². The van der Waals surface area contributed by atoms with Crippen LogP contribution in [0.2, 0.25) is 0 Å². The molecular formula is C19H17NO5. The van der Waals surface area contributed by atoms with Crippen LogP contribution in [0, 0.1) is 0 Å². The monoisotopic (exact) mass is 339 g/mol. The van der Waals surface area contributed by atoms with Crippen LogP contribution in [0.3, 0.4) is 0 Å². The third-order valence-electron chi connectivity index (χ3n) is 4.85. The summed E-state index contributed by atoms with van der Waals surface area (Å²) in [6, 6.07) is 7.04. The van der Waals surface area contributed by atoms with Crippen LogP contribution in [0.15, 0.2) is 28.7 Å². The molecule has 6 heteroatoms. The van der Waals surface area contributed by atoms with Gasteiger partial charge in [-0.1, -0.05) is 24.3 Å². The summed E-state index contributed by atoms with van der Waals surface area (Å²) < 4.78 is 10.7. The van der Waals surface area contributed by atoms with Gasteiger partial charge in [-0.3, -0.25) is 19.3 Å². The maximum atomic E-state index is 12.6. The van der Waals surface area contributed by atoms with E-state index in [-0.39, 0.29) is 5.97 Å². The molecular weight excluding hydrogens is 322 g/mol. The summed E-state index contributed by atoms with van der Waals surface area (Å²) in [6.07, 6.45) is 0.934. The van der Waals surface area contributed by atoms with Crippen molar-refractivity contribution in [1.82, 2.24) is 4.90 Å². The molecule has 0 saturated carbocycles. The van der Waals surface area contributed by atoms with Crippen molar-refractivity contribution in [1.29, 1.82) is 0 Å². The van der Waals surface area contributed by atoms with Gasteiger partial charge >= 0.3 is 5.97 Å². The second-order valence-corrected chi connectivity index (χ2v) is 6.26. The molecule has 1 aromatic carbocycles. The van der Waals surface area contributed by atoms with E-state index in [0.29, 0.717) is 60.7 Å². The van der Waals surface area contributed by atoms with Crippen LogP contribution in [0.4, 0.5) is 0 Å². The Balaban J connectivity index is 1.68. The van der Waals surface area contributed by atoms with Crippen LogP contribution in [0.1, 0.15) is 38.5 Å². The van der Waals surface area contributed by atoms with Gasteiger partial charge in [-0.25, -0.2) is 0 Å². The van der Waals surface area contributed by atoms with Crippen molar-refractivity contribution in [3.8, 4) is 11.3 Å². The standard InChI is InChI=1S/C19H17NO5/c1-24-15(21)7-9-20-8-6-13-14(10-20)25-19-12-5-3-2-4-11(12)17(22)18(23)16(13)19/h2-5H,6-10H2,1H3. The van der Waals surface area contributed by atoms with Crippen LogP contribution in [0.5, 0.6) is 0 Å². The molecule has 0 saturated heterocycles. The highest BCUT2D eigenvalue weighted by Gasteiger charge is 2.38. The minimum atomic E-state index is -0.485. The minimum absolute atomic E-state index is 0.251. The van der Waals surface area contributed by atoms with Gasteiger partial charge in [-0.15, -0.1) is 0 Å². The molecule has 2 heterocycles. The van der Waals surface area contributed by atoms with Crippen molar-refractivity contribution in [2.24, 2.45) is 0 Å². The van der Waals surface area contributed by atoms with Gasteiger partial charge in [0, 0.05) is 29.8 Å². The molecule has 0 amide bonds. The molecule has 0 bridgehead atoms. The van der Waals surface area contributed by atoms with Crippen molar-refractivity contribution in [2.75, 3.05) is 20.2 Å². The van der Waals surface area contributed by atoms with Gasteiger partial charge in [0.1, 0.15) is 11.5 Å². The first-order chi connectivity index (χ1) is 12.1. The molecule has 0 radical (unpaired) electrons. The second kappa shape index (κ2) is 5.97. The van der Waals surface area contributed by atoms with E-state index in [1.807, 2.05) is 12.1 Å². The van der Waals surface area contributed by atoms with E-state index in [2.05, 4.69) is 9.64 Å². The van der Waals surface area contributed by atoms with E-state index in [1.165, 1.54) is 7.11 Å². The molecule has 1 aliphatic heterocycles. The summed E-state index contributed by atoms with van der Waals surface area (Å²) in [6.45, 7) is 1.79. The van der Waals surface area contributed by atoms with Crippen LogP contribution < -0.4 is 0 Å². The smallest absolute Gasteiger partial charge is 0.306 e. The van der Waals surface area contributed by atoms with Crippen LogP contribution in [0.25, 0.3) is 11.3 Å². The minimum Gasteiger partial charge on any atom is -0.469 e. The predicted molar refractivity (Wildman–Crippen MR) is 88.4 cm³/mol. The average molecular weight is 339 g/mol. The fraction of sp³-hybridized carbons (Fsp3) is 0.316. The number of rotatable bonds is 3. The maximum Gasteiger partial charge on any atom is 0.306 e. The van der Waals surface area contributed by atoms with Crippen LogP contribution in [-0.2, 0) is 22.5 Å². The lowest BCUT2D eigenvalue weighted by atomic mass is 9.85. The molecule has 2 aliphatic rings. The van der Waals surface area contributed by atoms with Crippen molar-refractivity contribution in [3.05, 3.63) is 46.7 Å². The van der Waals surface area contributed by atoms with E-state index in [0.717, 1.165) is 5.56 Å². The number of ether oxygens (including phenoxy) is 1. The van der Waals surface area contributed by atoms with Crippen molar-refractivity contribution < 1.29 is 23.5 Å². The molecule has 128 valence electrons. The third-order valence-corrected chi connectivity index (χ3v) is 4.85. The number of furan rings is 1. The lowest BCUT2D eigenvalue weighted by Gasteiger charge is -2.25. The molecule has 1 aliphatic carbocycles. The zero-order valence-electron chi connectivity index (χ0n) is 13.8. The predicted octanol–water partition coefficient (Wildman–Crippen LogP) is 2.25. The Morgan fingerprint density at radius 1 is 1.20 bits per heavy atom. The molecule has 6 nitrogen and oxygen atoms in total. The quantitative estimate of drug-likeness (QED) is 0.630. The number of Topliss-reactive ketones (excluding diaryl/α,β-unsaturated/α-hetero) is 2. The Hall–Kier alpha value is -2.73. The number of benzene rings is 1. The number of hydrogen-bond donors (Lipinski definition) is 0. The maximum absolute atomic E-state index is 12.6. The average Bonchev–Trinajstić information content (AvgIpc) is 3.03. The second-order valence-electron chi connectivity index (χ2n) is 6.26. The van der Waals surface area contributed by atoms with Gasteiger partial charge in [-0.05, 0) is 6.42 Å². The summed E-state index contributed by atoms with van der Waals surface area (Å²) in [5, 5.41) is 0. The summed E-state index contributed by atoms with van der Waals surface area (Å²) in [5.74, 6) is -0.000225. The number of hydrogen-bond acceptors (Lipinski definition) is 6. The number of ketones is 2. The fourth-order valence-electron chi connectivity index (χ4n) is 3.54. The van der Waals surface area contributed by atoms with E-state index in [4.69, 9.17) is 4.42 Å². The first-order valence-corrected chi connectivity index (χ1v) is 8.22. The van der Waals surface area contributed by atoms with Crippen molar-refractivity contribution in [3.63, 3.8) is 0 Å². The topological polar surface area (TPSA) is 76.8 Å². The molecule has 0 spiro atoms. The van der Waals surface area contributed by atoms with Gasteiger partial charge in [0.15, 0.2) is 0 Å². The first-order valence-electron chi connectivity index (χ1n) is 8.22. The van der Waals surface area contributed by atoms with Gasteiger partial charge in [0.2, 0.25) is 11.6 Å². The van der Waals surface area contributed by atoms with E-state index < -0.39 is 11.6 Å². The van der Waals surface area contributed by atoms with E-state index in [9.17, 15) is 14.4 Å². The highest BCUT2D eigenvalue weighted by molar-refractivity contribution is 6.53. The highest BCUT2D eigenvalue weighted by atomic mass is 16.5. The molecule has 0 atom stereocenters. The number of esters is 1. The summed E-state index contributed by atoms with van der Waals surface area (Å²) in [7, 11) is 1.37. The van der Waals surface area contributed by atoms with Gasteiger partial charge in [-0.2, -0.15) is 0 Å². The normalized spacial score (nSPS) is 16.2. The highest BCUT2D eigenvalue weighted by Crippen LogP contribution is 2.40. The molecule has 0 unspecified atom stereocenters. The number of methoxy groups -OCH3 is 1. The molecule has 0 fully saturated rings. The van der Waals surface area contributed by atoms with Gasteiger partial charge < -0.3 is 9.15 Å². The van der Waals surface area contributed by atoms with Crippen LogP contribution in [-0.4, -0.2) is 42.6 Å². The van der Waals surface area contributed by atoms with Gasteiger partial charge in [0.25, 0.3) is 0 Å². The number of carbonyl (C=O) groups is 3. The summed E-state index contributed by atoms with van der Waals surface area (Å²) in [5.41, 5.74) is 2.33. The number of carbonyl (C=O) groups excluding carboxylic acids is 3. The molecule has 0 N–H and O–H groups in total. The lowest BCUT2D eigenvalue weighted by molar-refractivity contribution is -0.141. The molecule has 25 heavy (non-hydrogen) atoms. The Bertz CT molecular complexity index is 895. The Kier molecular flexibility index (Phi) is 3.77. The Morgan fingerprint density at radius 3 is 2.72 bits per heavy atom. The SMILES string of the molecule is COC(=O)CCN1CCc2c(oc3c2C(=O)C(=O)c2ccccc2-3)C1. The van der Waals surface area contributed by atoms with Gasteiger partial charge in [0.05, 0.1) is 25.6 Å². The summed E-state index contributed by atoms with van der Waals surface area (Å²) >= 11 is 0. The molecule has 2 aromatic rings. The zero-order valence-corrected chi connectivity index (χ0v) is 13.8. The molecule has 1 aromatic heterocycles. The fourth-order valence-corrected chi connectivity index (χ4v) is 3.54. The summed E-state index contributed by atoms with van der Waals surface area (Å²) in [4.78, 5) is 38.4.